The van der Waals surface area contributed by atoms with E-state index in [2.05, 4.69) is 56.9 Å². The van der Waals surface area contributed by atoms with Crippen LogP contribution in [0.2, 0.25) is 0 Å². The van der Waals surface area contributed by atoms with Crippen LogP contribution in [0.25, 0.3) is 0 Å². The first kappa shape index (κ1) is 16.5. The molecule has 1 heterocycles. The van der Waals surface area contributed by atoms with Gasteiger partial charge in [-0.2, -0.15) is 0 Å². The zero-order valence-electron chi connectivity index (χ0n) is 14.1. The van der Waals surface area contributed by atoms with Gasteiger partial charge in [0.25, 0.3) is 0 Å². The number of nitrogens with zero attached hydrogens (tertiary/aromatic N) is 1. The minimum absolute atomic E-state index is 0.186. The lowest BCUT2D eigenvalue weighted by Gasteiger charge is -2.32. The van der Waals surface area contributed by atoms with E-state index in [0.717, 1.165) is 25.1 Å². The van der Waals surface area contributed by atoms with Crippen LogP contribution in [0.5, 0.6) is 0 Å². The van der Waals surface area contributed by atoms with Gasteiger partial charge in [0.05, 0.1) is 6.10 Å². The van der Waals surface area contributed by atoms with Gasteiger partial charge in [-0.25, -0.2) is 0 Å². The highest BCUT2D eigenvalue weighted by Crippen LogP contribution is 2.32. The quantitative estimate of drug-likeness (QED) is 0.898. The topological polar surface area (TPSA) is 23.5 Å². The molecule has 21 heavy (non-hydrogen) atoms. The largest absolute Gasteiger partial charge is 0.387 e. The number of likely N-dealkylation sites (tertiary alicyclic amines) is 1. The summed E-state index contributed by atoms with van der Waals surface area (Å²) in [6.07, 6.45) is 4.40. The van der Waals surface area contributed by atoms with Gasteiger partial charge in [0.15, 0.2) is 0 Å². The van der Waals surface area contributed by atoms with Gasteiger partial charge in [-0.15, -0.1) is 0 Å². The van der Waals surface area contributed by atoms with Crippen LogP contribution in [-0.4, -0.2) is 29.1 Å². The van der Waals surface area contributed by atoms with Gasteiger partial charge in [-0.3, -0.25) is 4.90 Å². The van der Waals surface area contributed by atoms with Crippen LogP contribution in [0, 0.1) is 5.41 Å². The molecule has 0 aromatic heterocycles. The van der Waals surface area contributed by atoms with Gasteiger partial charge in [-0.1, -0.05) is 45.0 Å². The summed E-state index contributed by atoms with van der Waals surface area (Å²) in [6.45, 7) is 11.2. The summed E-state index contributed by atoms with van der Waals surface area (Å²) in [6, 6.07) is 8.63. The van der Waals surface area contributed by atoms with Crippen LogP contribution in [0.4, 0.5) is 0 Å². The van der Waals surface area contributed by atoms with Crippen LogP contribution >= 0.6 is 0 Å². The van der Waals surface area contributed by atoms with Crippen molar-refractivity contribution >= 4 is 0 Å². The molecule has 0 amide bonds. The highest BCUT2D eigenvalue weighted by atomic mass is 16.3. The Labute approximate surface area is 130 Å². The maximum atomic E-state index is 10.7. The lowest BCUT2D eigenvalue weighted by atomic mass is 9.85. The van der Waals surface area contributed by atoms with E-state index >= 15 is 0 Å². The van der Waals surface area contributed by atoms with E-state index in [9.17, 15) is 5.11 Å². The van der Waals surface area contributed by atoms with Crippen molar-refractivity contribution in [2.45, 2.75) is 65.5 Å². The van der Waals surface area contributed by atoms with Crippen LogP contribution < -0.4 is 0 Å². The molecule has 0 spiro atoms. The molecule has 118 valence electrons. The molecule has 2 unspecified atom stereocenters. The summed E-state index contributed by atoms with van der Waals surface area (Å²) >= 11 is 0. The maximum absolute atomic E-state index is 10.7. The van der Waals surface area contributed by atoms with Crippen LogP contribution in [0.3, 0.4) is 0 Å². The van der Waals surface area contributed by atoms with E-state index < -0.39 is 6.10 Å². The molecule has 0 bridgehead atoms. The Morgan fingerprint density at radius 1 is 1.14 bits per heavy atom. The smallest absolute Gasteiger partial charge is 0.0942 e. The number of hydrogen-bond donors (Lipinski definition) is 1. The molecule has 1 aliphatic rings. The van der Waals surface area contributed by atoms with Crippen molar-refractivity contribution in [3.63, 3.8) is 0 Å². The average Bonchev–Trinajstić information content (AvgIpc) is 2.66. The molecule has 0 aliphatic carbocycles. The van der Waals surface area contributed by atoms with Gasteiger partial charge in [0.2, 0.25) is 0 Å². The number of aryl methyl sites for hydroxylation is 1. The highest BCUT2D eigenvalue weighted by molar-refractivity contribution is 5.25. The normalized spacial score (nSPS) is 22.5. The molecule has 1 fully saturated rings. The van der Waals surface area contributed by atoms with Crippen molar-refractivity contribution in [1.82, 2.24) is 4.90 Å². The molecule has 2 heteroatoms. The predicted octanol–water partition coefficient (Wildman–Crippen LogP) is 4.18. The van der Waals surface area contributed by atoms with Crippen molar-refractivity contribution in [1.29, 1.82) is 0 Å². The van der Waals surface area contributed by atoms with E-state index in [1.54, 1.807) is 0 Å². The number of benzene rings is 1. The Morgan fingerprint density at radius 2 is 1.81 bits per heavy atom. The molecular weight excluding hydrogens is 258 g/mol. The van der Waals surface area contributed by atoms with Gasteiger partial charge in [0, 0.05) is 6.04 Å². The molecular formula is C19H31NO. The Kier molecular flexibility index (Phi) is 5.45. The summed E-state index contributed by atoms with van der Waals surface area (Å²) in [7, 11) is 0. The number of aliphatic hydroxyl groups excluding tert-OH is 1. The molecule has 1 N–H and O–H groups in total. The van der Waals surface area contributed by atoms with Crippen molar-refractivity contribution in [2.75, 3.05) is 13.1 Å². The van der Waals surface area contributed by atoms with E-state index in [4.69, 9.17) is 0 Å². The molecule has 0 radical (unpaired) electrons. The summed E-state index contributed by atoms with van der Waals surface area (Å²) in [5, 5.41) is 10.7. The zero-order chi connectivity index (χ0) is 15.5. The molecule has 1 aliphatic heterocycles. The summed E-state index contributed by atoms with van der Waals surface area (Å²) < 4.78 is 0. The second-order valence-electron chi connectivity index (χ2n) is 7.33. The number of aliphatic hydroxyl groups is 1. The molecule has 1 aromatic rings. The van der Waals surface area contributed by atoms with Crippen LogP contribution in [-0.2, 0) is 6.42 Å². The Bertz CT molecular complexity index is 437. The van der Waals surface area contributed by atoms with Crippen molar-refractivity contribution < 1.29 is 5.11 Å². The minimum atomic E-state index is -0.392. The Hall–Kier alpha value is -0.860. The first-order chi connectivity index (χ1) is 9.93. The van der Waals surface area contributed by atoms with Crippen molar-refractivity contribution in [2.24, 2.45) is 5.41 Å². The van der Waals surface area contributed by atoms with Crippen molar-refractivity contribution in [3.8, 4) is 0 Å². The Morgan fingerprint density at radius 3 is 2.43 bits per heavy atom. The lowest BCUT2D eigenvalue weighted by molar-refractivity contribution is 0.0581. The lowest BCUT2D eigenvalue weighted by Crippen LogP contribution is -2.38. The second-order valence-corrected chi connectivity index (χ2v) is 7.33. The van der Waals surface area contributed by atoms with Gasteiger partial charge in [0.1, 0.15) is 0 Å². The Balaban J connectivity index is 2.02. The number of rotatable bonds is 4. The first-order valence-corrected chi connectivity index (χ1v) is 8.44. The van der Waals surface area contributed by atoms with E-state index in [-0.39, 0.29) is 6.04 Å². The number of hydrogen-bond acceptors (Lipinski definition) is 2. The third kappa shape index (κ3) is 4.31. The monoisotopic (exact) mass is 289 g/mol. The fourth-order valence-corrected chi connectivity index (χ4v) is 3.28. The zero-order valence-corrected chi connectivity index (χ0v) is 14.1. The molecule has 2 atom stereocenters. The second kappa shape index (κ2) is 6.93. The molecule has 2 nitrogen and oxygen atoms in total. The van der Waals surface area contributed by atoms with Crippen LogP contribution in [0.1, 0.15) is 64.2 Å². The van der Waals surface area contributed by atoms with Gasteiger partial charge < -0.3 is 5.11 Å². The third-order valence-corrected chi connectivity index (χ3v) is 5.14. The summed E-state index contributed by atoms with van der Waals surface area (Å²) in [4.78, 5) is 2.47. The average molecular weight is 289 g/mol. The minimum Gasteiger partial charge on any atom is -0.387 e. The van der Waals surface area contributed by atoms with E-state index in [1.807, 2.05) is 0 Å². The van der Waals surface area contributed by atoms with Gasteiger partial charge >= 0.3 is 0 Å². The highest BCUT2D eigenvalue weighted by Gasteiger charge is 2.28. The third-order valence-electron chi connectivity index (χ3n) is 5.14. The first-order valence-electron chi connectivity index (χ1n) is 8.44. The fraction of sp³-hybridized carbons (Fsp3) is 0.684. The molecule has 1 aromatic carbocycles. The van der Waals surface area contributed by atoms with Crippen molar-refractivity contribution in [3.05, 3.63) is 35.4 Å². The molecule has 2 rings (SSSR count). The van der Waals surface area contributed by atoms with E-state index in [1.165, 1.54) is 24.8 Å². The van der Waals surface area contributed by atoms with Gasteiger partial charge in [-0.05, 0) is 62.2 Å². The summed E-state index contributed by atoms with van der Waals surface area (Å²) in [5.41, 5.74) is 2.82. The SMILES string of the molecule is CCc1ccc(C(O)C(C)N2CCCC(C)(C)CC2)cc1. The molecule has 1 saturated heterocycles. The predicted molar refractivity (Wildman–Crippen MR) is 89.4 cm³/mol. The summed E-state index contributed by atoms with van der Waals surface area (Å²) in [5.74, 6) is 0. The fourth-order valence-electron chi connectivity index (χ4n) is 3.28. The standard InChI is InChI=1S/C19H31NO/c1-5-16-7-9-17(10-8-16)18(21)15(2)20-13-6-11-19(3,4)12-14-20/h7-10,15,18,21H,5-6,11-14H2,1-4H3. The van der Waals surface area contributed by atoms with E-state index in [0.29, 0.717) is 5.41 Å². The molecule has 0 saturated carbocycles. The van der Waals surface area contributed by atoms with Crippen LogP contribution in [0.15, 0.2) is 24.3 Å². The maximum Gasteiger partial charge on any atom is 0.0942 e.